The van der Waals surface area contributed by atoms with Crippen LogP contribution in [0.1, 0.15) is 139 Å². The first kappa shape index (κ1) is 73.5. The van der Waals surface area contributed by atoms with Crippen LogP contribution in [-0.2, 0) is 68.7 Å². The van der Waals surface area contributed by atoms with Crippen molar-refractivity contribution in [1.82, 2.24) is 73.4 Å². The zero-order valence-electron chi connectivity index (χ0n) is 51.4. The maximum absolute atomic E-state index is 14.6. The van der Waals surface area contributed by atoms with Gasteiger partial charge in [-0.3, -0.25) is 62.3 Å². The first-order chi connectivity index (χ1) is 41.0. The molecule has 2 aliphatic rings. The molecule has 31 nitrogen and oxygen atoms in total. The fourth-order valence-electron chi connectivity index (χ4n) is 9.71. The summed E-state index contributed by atoms with van der Waals surface area (Å²) in [4.78, 5) is 188. The summed E-state index contributed by atoms with van der Waals surface area (Å²) in [6, 6.07) is -15.4. The van der Waals surface area contributed by atoms with Crippen molar-refractivity contribution in [3.63, 3.8) is 0 Å². The van der Waals surface area contributed by atoms with Gasteiger partial charge in [-0.1, -0.05) is 48.0 Å². The maximum atomic E-state index is 14.6. The Balaban J connectivity index is 2.14. The number of hydrogen-bond acceptors (Lipinski definition) is 17. The summed E-state index contributed by atoms with van der Waals surface area (Å²) in [5, 5.41) is 48.8. The number of hydrogen-bond donors (Lipinski definition) is 16. The van der Waals surface area contributed by atoms with E-state index in [1.807, 2.05) is 0 Å². The number of nitrogens with zero attached hydrogens (tertiary/aromatic N) is 2. The number of imidazole rings is 1. The third kappa shape index (κ3) is 23.8. The Morgan fingerprint density at radius 3 is 1.72 bits per heavy atom. The molecular weight excluding hydrogens is 1140 g/mol. The lowest BCUT2D eigenvalue weighted by atomic mass is 9.96. The molecule has 2 aliphatic heterocycles. The predicted octanol–water partition coefficient (Wildman–Crippen LogP) is -4.18. The third-order valence-corrected chi connectivity index (χ3v) is 15.0. The molecule has 0 unspecified atom stereocenters. The summed E-state index contributed by atoms with van der Waals surface area (Å²) in [7, 11) is 0. The zero-order valence-corrected chi connectivity index (χ0v) is 51.4. The van der Waals surface area contributed by atoms with Gasteiger partial charge in [-0.25, -0.2) is 4.98 Å². The molecule has 0 aliphatic carbocycles. The number of rotatable bonds is 18. The molecule has 87 heavy (non-hydrogen) atoms. The van der Waals surface area contributed by atoms with Crippen LogP contribution < -0.4 is 70.0 Å². The van der Waals surface area contributed by atoms with Crippen molar-refractivity contribution in [2.75, 3.05) is 26.2 Å². The number of aromatic nitrogens is 2. The van der Waals surface area contributed by atoms with Crippen LogP contribution in [0, 0.1) is 17.8 Å². The average molecular weight is 1230 g/mol. The summed E-state index contributed by atoms with van der Waals surface area (Å²) in [6.45, 7) is 13.5. The molecule has 1 aromatic rings. The van der Waals surface area contributed by atoms with E-state index >= 15 is 0 Å². The monoisotopic (exact) mass is 1230 g/mol. The van der Waals surface area contributed by atoms with Gasteiger partial charge in [0.25, 0.3) is 0 Å². The zero-order chi connectivity index (χ0) is 65.2. The number of aliphatic carboxylic acids is 1. The van der Waals surface area contributed by atoms with Crippen molar-refractivity contribution in [2.24, 2.45) is 29.2 Å². The summed E-state index contributed by atoms with van der Waals surface area (Å²) in [5.41, 5.74) is 11.9. The number of carboxylic acids is 1. The van der Waals surface area contributed by atoms with E-state index in [0.29, 0.717) is 18.5 Å². The first-order valence-electron chi connectivity index (χ1n) is 29.9. The smallest absolute Gasteiger partial charge is 0.303 e. The number of carbonyl (C=O) groups is 13. The number of aliphatic hydroxyl groups excluding tert-OH is 1. The molecule has 2 fully saturated rings. The Hall–Kier alpha value is -7.80. The Kier molecular flexibility index (Phi) is 30.7. The largest absolute Gasteiger partial charge is 0.481 e. The Morgan fingerprint density at radius 1 is 0.609 bits per heavy atom. The molecule has 3 rings (SSSR count). The van der Waals surface area contributed by atoms with Crippen LogP contribution in [0.3, 0.4) is 0 Å². The quantitative estimate of drug-likeness (QED) is 0.0620. The van der Waals surface area contributed by atoms with Gasteiger partial charge in [-0.2, -0.15) is 0 Å². The number of aliphatic hydroxyl groups is 1. The number of unbranched alkanes of at least 4 members (excludes halogenated alkanes) is 1. The third-order valence-electron chi connectivity index (χ3n) is 15.0. The molecule has 3 heterocycles. The van der Waals surface area contributed by atoms with Crippen molar-refractivity contribution in [3.05, 3.63) is 18.2 Å². The summed E-state index contributed by atoms with van der Waals surface area (Å²) in [5.74, 6) is -13.2. The van der Waals surface area contributed by atoms with Gasteiger partial charge in [0.05, 0.1) is 19.0 Å². The standard InChI is InChI=1S/C56H94N16O15/c1-10-30(6)44-54(85)67-38(23-28(2)3)51(82)65-35(15-11-12-20-57)50(81)66-37(18-19-42(75)76)56(87)72-22-14-17-40(72)52(83)69-43(29(4)5)53(84)68-39(24-34-25-59-27-61-34)48(79)60-26-41(74)62-31(7)46(77)64-36(16-13-21-58)49(80)63-32(8)47(78)71-45(33(9)73)55(86)70-44/h25,27-33,35-40,43-45,73H,10-24,26,57-58H2,1-9H3,(H,59,61)(H,60,79)(H,62,74)(H,63,80)(H,64,77)(H,65,82)(H,66,81)(H,67,85)(H,68,84)(H,69,83)(H,70,86)(H,71,78)(H,75,76)/t30-,31-,32+,33+,35-,36+,37-,38-,39-,40-,43-,44-,45-/m0/s1. The van der Waals surface area contributed by atoms with Gasteiger partial charge in [0.2, 0.25) is 70.9 Å². The van der Waals surface area contributed by atoms with Gasteiger partial charge in [0, 0.05) is 31.3 Å². The summed E-state index contributed by atoms with van der Waals surface area (Å²) < 4.78 is 0. The summed E-state index contributed by atoms with van der Waals surface area (Å²) in [6.07, 6.45) is 1.47. The lowest BCUT2D eigenvalue weighted by molar-refractivity contribution is -0.144. The van der Waals surface area contributed by atoms with E-state index in [-0.39, 0.29) is 76.9 Å². The molecule has 1 aromatic heterocycles. The van der Waals surface area contributed by atoms with Gasteiger partial charge in [0.1, 0.15) is 66.5 Å². The number of fused-ring (bicyclic) bond motifs is 1. The van der Waals surface area contributed by atoms with Gasteiger partial charge in [-0.15, -0.1) is 0 Å². The highest BCUT2D eigenvalue weighted by Crippen LogP contribution is 2.22. The Morgan fingerprint density at radius 2 is 1.14 bits per heavy atom. The van der Waals surface area contributed by atoms with E-state index in [1.165, 1.54) is 38.2 Å². The van der Waals surface area contributed by atoms with Crippen molar-refractivity contribution in [2.45, 2.75) is 212 Å². The number of aromatic amines is 1. The normalized spacial score (nSPS) is 27.2. The Labute approximate surface area is 506 Å². The predicted molar refractivity (Wildman–Crippen MR) is 314 cm³/mol. The molecule has 0 spiro atoms. The fraction of sp³-hybridized carbons (Fsp3) is 0.714. The highest BCUT2D eigenvalue weighted by atomic mass is 16.4. The Bertz CT molecular complexity index is 2530. The van der Waals surface area contributed by atoms with Gasteiger partial charge in [-0.05, 0) is 109 Å². The maximum Gasteiger partial charge on any atom is 0.303 e. The van der Waals surface area contributed by atoms with E-state index < -0.39 is 181 Å². The van der Waals surface area contributed by atoms with Crippen LogP contribution in [-0.4, -0.2) is 201 Å². The van der Waals surface area contributed by atoms with Crippen LogP contribution >= 0.6 is 0 Å². The molecule has 31 heteroatoms. The molecule has 0 bridgehead atoms. The van der Waals surface area contributed by atoms with Gasteiger partial charge >= 0.3 is 5.97 Å². The highest BCUT2D eigenvalue weighted by Gasteiger charge is 2.42. The topological polar surface area (TPSA) is 479 Å². The highest BCUT2D eigenvalue weighted by molar-refractivity contribution is 6.00. The molecule has 0 aromatic carbocycles. The van der Waals surface area contributed by atoms with Crippen LogP contribution in [0.25, 0.3) is 0 Å². The van der Waals surface area contributed by atoms with Crippen molar-refractivity contribution < 1.29 is 72.5 Å². The number of carboxylic acid groups (broad SMARTS) is 1. The molecule has 12 amide bonds. The molecule has 2 saturated heterocycles. The SMILES string of the molecule is CC[C@H](C)[C@@H]1NC(=O)[C@H]([C@@H](C)O)NC(=O)[C@@H](C)NC(=O)[C@@H](CCCN)NC(=O)[C@H](C)NC(=O)CNC(=O)[C@H](Cc2cnc[nH]2)NC(=O)[C@H](C(C)C)NC(=O)[C@@H]2CCCN2C(=O)[C@H](CCC(=O)O)NC(=O)[C@H](CCCCN)NC(=O)[C@H](CC(C)C)NC1=O. The van der Waals surface area contributed by atoms with Crippen LogP contribution in [0.15, 0.2) is 12.5 Å². The molecular formula is C56H94N16O15. The number of carbonyl (C=O) groups excluding carboxylic acids is 12. The number of nitrogens with one attached hydrogen (secondary N) is 12. The second-order valence-electron chi connectivity index (χ2n) is 23.1. The van der Waals surface area contributed by atoms with Crippen LogP contribution in [0.2, 0.25) is 0 Å². The number of amides is 12. The molecule has 0 radical (unpaired) electrons. The van der Waals surface area contributed by atoms with E-state index in [1.54, 1.807) is 41.5 Å². The molecule has 13 atom stereocenters. The lowest BCUT2D eigenvalue weighted by Crippen LogP contribution is -2.62. The molecule has 18 N–H and O–H groups in total. The van der Waals surface area contributed by atoms with E-state index in [0.717, 1.165) is 0 Å². The first-order valence-corrected chi connectivity index (χ1v) is 29.9. The molecule has 0 saturated carbocycles. The second-order valence-corrected chi connectivity index (χ2v) is 23.1. The fourth-order valence-corrected chi connectivity index (χ4v) is 9.71. The summed E-state index contributed by atoms with van der Waals surface area (Å²) >= 11 is 0. The lowest BCUT2D eigenvalue weighted by Gasteiger charge is -2.32. The van der Waals surface area contributed by atoms with Crippen molar-refractivity contribution in [1.29, 1.82) is 0 Å². The van der Waals surface area contributed by atoms with E-state index in [2.05, 4.69) is 68.5 Å². The average Bonchev–Trinajstić information content (AvgIpc) is 2.79. The van der Waals surface area contributed by atoms with E-state index in [9.17, 15) is 72.5 Å². The minimum atomic E-state index is -1.71. The number of nitrogens with two attached hydrogens (primary N) is 2. The van der Waals surface area contributed by atoms with Crippen molar-refractivity contribution >= 4 is 76.9 Å². The van der Waals surface area contributed by atoms with Gasteiger partial charge < -0.3 is 90.0 Å². The van der Waals surface area contributed by atoms with E-state index in [4.69, 9.17) is 11.5 Å². The second kappa shape index (κ2) is 36.4. The minimum absolute atomic E-state index is 0.0102. The van der Waals surface area contributed by atoms with Gasteiger partial charge in [0.15, 0.2) is 0 Å². The van der Waals surface area contributed by atoms with Crippen LogP contribution in [0.4, 0.5) is 0 Å². The van der Waals surface area contributed by atoms with Crippen molar-refractivity contribution in [3.8, 4) is 0 Å². The van der Waals surface area contributed by atoms with Crippen LogP contribution in [0.5, 0.6) is 0 Å². The minimum Gasteiger partial charge on any atom is -0.481 e. The molecule has 488 valence electrons. The number of H-pyrrole nitrogens is 1.